The molecule has 0 aliphatic carbocycles. The molecule has 2 heterocycles. The number of aliphatic carboxylic acids is 1. The van der Waals surface area contributed by atoms with Crippen molar-refractivity contribution in [3.05, 3.63) is 166 Å². The number of hydrogen-bond donors (Lipinski definition) is 1. The predicted molar refractivity (Wildman–Crippen MR) is 198 cm³/mol. The number of halogens is 2. The zero-order chi connectivity index (χ0) is 35.5. The predicted octanol–water partition coefficient (Wildman–Crippen LogP) is 10.0. The summed E-state index contributed by atoms with van der Waals surface area (Å²) in [6.45, 7) is 7.03. The van der Waals surface area contributed by atoms with Gasteiger partial charge in [0.25, 0.3) is 0 Å². The van der Waals surface area contributed by atoms with Crippen molar-refractivity contribution in [2.45, 2.75) is 27.7 Å². The molecule has 0 amide bonds. The molecular formula is C41H33BF2N4O2. The van der Waals surface area contributed by atoms with Crippen LogP contribution in [0.5, 0.6) is 0 Å². The number of nitriles is 1. The Hall–Kier alpha value is -6.27. The van der Waals surface area contributed by atoms with Crippen molar-refractivity contribution >= 4 is 53.4 Å². The Balaban J connectivity index is 1.54. The molecule has 6 nitrogen and oxygen atoms in total. The van der Waals surface area contributed by atoms with Gasteiger partial charge in [-0.1, -0.05) is 78.9 Å². The highest BCUT2D eigenvalue weighted by atomic mass is 19.2. The van der Waals surface area contributed by atoms with Crippen LogP contribution < -0.4 is 4.90 Å². The molecule has 0 saturated carbocycles. The quantitative estimate of drug-likeness (QED) is 0.0968. The van der Waals surface area contributed by atoms with Crippen LogP contribution in [0.3, 0.4) is 0 Å². The monoisotopic (exact) mass is 662 g/mol. The van der Waals surface area contributed by atoms with Gasteiger partial charge in [0, 0.05) is 45.3 Å². The van der Waals surface area contributed by atoms with Gasteiger partial charge in [0.1, 0.15) is 11.6 Å². The fraction of sp³-hybridized carbons (Fsp3) is 0.0976. The number of para-hydroxylation sites is 2. The van der Waals surface area contributed by atoms with Crippen molar-refractivity contribution in [1.29, 1.82) is 5.26 Å². The summed E-state index contributed by atoms with van der Waals surface area (Å²) < 4.78 is 30.8. The fourth-order valence-corrected chi connectivity index (χ4v) is 6.66. The average molecular weight is 663 g/mol. The zero-order valence-electron chi connectivity index (χ0n) is 28.0. The van der Waals surface area contributed by atoms with Gasteiger partial charge in [0.15, 0.2) is 0 Å². The molecule has 1 aliphatic rings. The third kappa shape index (κ3) is 6.19. The Morgan fingerprint density at radius 1 is 0.820 bits per heavy atom. The molecule has 9 heteroatoms. The zero-order valence-corrected chi connectivity index (χ0v) is 28.0. The van der Waals surface area contributed by atoms with Crippen molar-refractivity contribution in [3.8, 4) is 6.07 Å². The fourth-order valence-electron chi connectivity index (χ4n) is 6.66. The Kier molecular flexibility index (Phi) is 9.46. The van der Waals surface area contributed by atoms with Crippen molar-refractivity contribution in [3.63, 3.8) is 0 Å². The summed E-state index contributed by atoms with van der Waals surface area (Å²) in [5.74, 6) is -1.43. The van der Waals surface area contributed by atoms with Gasteiger partial charge in [0.05, 0.1) is 5.70 Å². The summed E-state index contributed by atoms with van der Waals surface area (Å²) >= 11 is 0. The number of rotatable bonds is 9. The molecule has 0 saturated heterocycles. The van der Waals surface area contributed by atoms with Gasteiger partial charge in [-0.05, 0) is 98.0 Å². The molecule has 4 aromatic carbocycles. The summed E-state index contributed by atoms with van der Waals surface area (Å²) in [4.78, 5) is 18.9. The number of hydrogen-bond acceptors (Lipinski definition) is 4. The van der Waals surface area contributed by atoms with Crippen LogP contribution in [0, 0.1) is 25.2 Å². The first-order valence-electron chi connectivity index (χ1n) is 16.0. The van der Waals surface area contributed by atoms with E-state index in [0.717, 1.165) is 50.0 Å². The Morgan fingerprint density at radius 2 is 1.34 bits per heavy atom. The molecular weight excluding hydrogens is 629 g/mol. The lowest BCUT2D eigenvalue weighted by atomic mass is 9.91. The first-order chi connectivity index (χ1) is 24.1. The molecule has 6 rings (SSSR count). The van der Waals surface area contributed by atoms with E-state index in [1.807, 2.05) is 92.7 Å². The summed E-state index contributed by atoms with van der Waals surface area (Å²) in [6, 6.07) is 39.3. The lowest BCUT2D eigenvalue weighted by Crippen LogP contribution is -2.18. The Labute approximate surface area is 290 Å². The standard InChI is InChI=1S/C41H33BF2N4O2/c1-26-36(24-32(25-45)41(49)50)29(4)48(42(43)44)40(26)38(30-14-8-5-9-15-30)39-27(2)37(28(3)46-39)31-20-22-35(23-21-31)47(33-16-10-6-11-17-33)34-18-12-7-13-19-34/h5-24H,1-4H3,(H,49,50)/b32-24+,39-38-. The van der Waals surface area contributed by atoms with Gasteiger partial charge in [-0.25, -0.2) is 4.79 Å². The van der Waals surface area contributed by atoms with E-state index in [1.165, 1.54) is 6.92 Å². The highest BCUT2D eigenvalue weighted by Gasteiger charge is 2.33. The summed E-state index contributed by atoms with van der Waals surface area (Å²) in [5.41, 5.74) is 8.58. The summed E-state index contributed by atoms with van der Waals surface area (Å²) in [6.07, 6.45) is 1.16. The van der Waals surface area contributed by atoms with E-state index in [4.69, 9.17) is 4.99 Å². The third-order valence-corrected chi connectivity index (χ3v) is 8.94. The lowest BCUT2D eigenvalue weighted by molar-refractivity contribution is -0.132. The maximum Gasteiger partial charge on any atom is 0.677 e. The van der Waals surface area contributed by atoms with E-state index in [-0.39, 0.29) is 17.0 Å². The number of aliphatic imine (C=N–C) groups is 1. The van der Waals surface area contributed by atoms with Crippen LogP contribution in [0.25, 0.3) is 17.2 Å². The minimum atomic E-state index is -2.94. The number of nitrogens with zero attached hydrogens (tertiary/aromatic N) is 4. The normalized spacial score (nSPS) is 13.9. The number of carboxylic acid groups (broad SMARTS) is 1. The van der Waals surface area contributed by atoms with Crippen LogP contribution in [-0.4, -0.2) is 28.7 Å². The molecule has 1 aliphatic heterocycles. The second-order valence-corrected chi connectivity index (χ2v) is 11.9. The van der Waals surface area contributed by atoms with Crippen LogP contribution in [0.1, 0.15) is 47.5 Å². The number of benzene rings is 4. The van der Waals surface area contributed by atoms with Crippen molar-refractivity contribution in [2.75, 3.05) is 4.90 Å². The lowest BCUT2D eigenvalue weighted by Gasteiger charge is -2.25. The second kappa shape index (κ2) is 14.1. The first kappa shape index (κ1) is 33.6. The van der Waals surface area contributed by atoms with Crippen LogP contribution in [0.2, 0.25) is 0 Å². The van der Waals surface area contributed by atoms with Gasteiger partial charge >= 0.3 is 13.4 Å². The second-order valence-electron chi connectivity index (χ2n) is 11.9. The number of allylic oxidation sites excluding steroid dienone is 2. The smallest absolute Gasteiger partial charge is 0.477 e. The van der Waals surface area contributed by atoms with Crippen molar-refractivity contribution < 1.29 is 18.5 Å². The number of carbonyl (C=O) groups is 1. The number of carboxylic acids is 1. The van der Waals surface area contributed by atoms with E-state index in [1.54, 1.807) is 13.0 Å². The van der Waals surface area contributed by atoms with Gasteiger partial charge in [-0.15, -0.1) is 0 Å². The Morgan fingerprint density at radius 3 is 1.84 bits per heavy atom. The molecule has 0 spiro atoms. The molecule has 0 radical (unpaired) electrons. The SMILES string of the molecule is CC1=N/C(=C(/c2ccccc2)c2c(C)c(/C=C(\C#N)C(=O)O)c(C)n2B(F)F)C(C)=C1c1ccc(N(c2ccccc2)c2ccccc2)cc1. The van der Waals surface area contributed by atoms with Crippen LogP contribution in [-0.2, 0) is 4.79 Å². The topological polar surface area (TPSA) is 81.6 Å². The molecule has 246 valence electrons. The van der Waals surface area contributed by atoms with E-state index < -0.39 is 18.9 Å². The average Bonchev–Trinajstić information content (AvgIpc) is 3.55. The highest BCUT2D eigenvalue weighted by Crippen LogP contribution is 2.43. The number of aromatic nitrogens is 1. The van der Waals surface area contributed by atoms with E-state index in [9.17, 15) is 23.8 Å². The molecule has 0 fully saturated rings. The van der Waals surface area contributed by atoms with Gasteiger partial charge in [0.2, 0.25) is 0 Å². The summed E-state index contributed by atoms with van der Waals surface area (Å²) in [7, 11) is -2.94. The molecule has 0 bridgehead atoms. The van der Waals surface area contributed by atoms with E-state index in [0.29, 0.717) is 22.4 Å². The summed E-state index contributed by atoms with van der Waals surface area (Å²) in [5, 5.41) is 19.0. The van der Waals surface area contributed by atoms with Crippen molar-refractivity contribution in [2.24, 2.45) is 4.99 Å². The van der Waals surface area contributed by atoms with Gasteiger partial charge in [-0.3, -0.25) is 13.6 Å². The minimum absolute atomic E-state index is 0.146. The molecule has 50 heavy (non-hydrogen) atoms. The molecule has 0 unspecified atom stereocenters. The highest BCUT2D eigenvalue weighted by molar-refractivity contribution is 6.42. The molecule has 0 atom stereocenters. The van der Waals surface area contributed by atoms with Crippen LogP contribution >= 0.6 is 0 Å². The molecule has 1 aromatic heterocycles. The van der Waals surface area contributed by atoms with Gasteiger partial charge < -0.3 is 14.5 Å². The van der Waals surface area contributed by atoms with Gasteiger partial charge in [-0.2, -0.15) is 5.26 Å². The number of anilines is 3. The van der Waals surface area contributed by atoms with Crippen molar-refractivity contribution in [1.82, 2.24) is 4.48 Å². The molecule has 1 N–H and O–H groups in total. The Bertz CT molecular complexity index is 2210. The van der Waals surface area contributed by atoms with Crippen LogP contribution in [0.4, 0.5) is 25.7 Å². The largest absolute Gasteiger partial charge is 0.677 e. The van der Waals surface area contributed by atoms with E-state index in [2.05, 4.69) is 41.3 Å². The minimum Gasteiger partial charge on any atom is -0.477 e. The third-order valence-electron chi connectivity index (χ3n) is 8.94. The maximum atomic E-state index is 15.0. The molecule has 5 aromatic rings. The van der Waals surface area contributed by atoms with E-state index >= 15 is 0 Å². The van der Waals surface area contributed by atoms with Crippen LogP contribution in [0.15, 0.2) is 137 Å². The maximum absolute atomic E-state index is 15.0. The first-order valence-corrected chi connectivity index (χ1v) is 16.0.